The number of non-ortho nitro benzene ring substituents is 1. The molecule has 0 saturated heterocycles. The number of benzene rings is 2. The number of hydrogen-bond acceptors (Lipinski definition) is 7. The van der Waals surface area contributed by atoms with Crippen LogP contribution >= 0.6 is 0 Å². The monoisotopic (exact) mass is 317 g/mol. The van der Waals surface area contributed by atoms with Gasteiger partial charge in [0, 0.05) is 23.3 Å². The first-order valence-corrected chi connectivity index (χ1v) is 6.21. The molecule has 0 atom stereocenters. The molecule has 0 aromatic heterocycles. The molecule has 2 aromatic rings. The summed E-state index contributed by atoms with van der Waals surface area (Å²) < 4.78 is 0. The van der Waals surface area contributed by atoms with Gasteiger partial charge in [-0.15, -0.1) is 0 Å². The maximum Gasteiger partial charge on any atom is 0.271 e. The summed E-state index contributed by atoms with van der Waals surface area (Å²) in [5.41, 5.74) is 1.98. The Hall–Kier alpha value is -3.62. The molecule has 1 amide bonds. The number of hydrogen-bond donors (Lipinski definition) is 4. The summed E-state index contributed by atoms with van der Waals surface area (Å²) in [7, 11) is 0. The number of rotatable bonds is 4. The van der Waals surface area contributed by atoms with E-state index in [1.165, 1.54) is 6.07 Å². The van der Waals surface area contributed by atoms with E-state index in [1.54, 1.807) is 0 Å². The Balaban J connectivity index is 2.12. The van der Waals surface area contributed by atoms with Crippen molar-refractivity contribution in [2.75, 3.05) is 0 Å². The summed E-state index contributed by atoms with van der Waals surface area (Å²) in [5.74, 6) is -1.75. The third kappa shape index (κ3) is 3.73. The Bertz CT molecular complexity index is 803. The smallest absolute Gasteiger partial charge is 0.271 e. The summed E-state index contributed by atoms with van der Waals surface area (Å²) in [6.07, 6.45) is 1.04. The van der Waals surface area contributed by atoms with Crippen molar-refractivity contribution in [3.05, 3.63) is 57.6 Å². The average molecular weight is 317 g/mol. The number of phenolic OH excluding ortho intramolecular Hbond substituents is 3. The molecule has 9 nitrogen and oxygen atoms in total. The zero-order valence-electron chi connectivity index (χ0n) is 11.5. The number of hydrazone groups is 1. The number of nitrogens with zero attached hydrogens (tertiary/aromatic N) is 2. The standard InChI is InChI=1S/C14H11N3O6/c18-11-4-2-10(17(22)23)5-9(11)7-15-16-14(21)8-1-3-12(19)13(20)6-8/h1-7,18-20H,(H,16,21)/b15-7-. The minimum atomic E-state index is -0.679. The summed E-state index contributed by atoms with van der Waals surface area (Å²) in [6, 6.07) is 6.82. The Morgan fingerprint density at radius 2 is 1.78 bits per heavy atom. The van der Waals surface area contributed by atoms with Crippen LogP contribution in [0.25, 0.3) is 0 Å². The van der Waals surface area contributed by atoms with Gasteiger partial charge in [-0.3, -0.25) is 14.9 Å². The number of nitro groups is 1. The second-order valence-corrected chi connectivity index (χ2v) is 4.40. The van der Waals surface area contributed by atoms with E-state index in [2.05, 4.69) is 10.5 Å². The first-order valence-electron chi connectivity index (χ1n) is 6.21. The highest BCUT2D eigenvalue weighted by Crippen LogP contribution is 2.24. The molecule has 0 spiro atoms. The fraction of sp³-hybridized carbons (Fsp3) is 0. The van der Waals surface area contributed by atoms with E-state index in [-0.39, 0.29) is 28.3 Å². The van der Waals surface area contributed by atoms with Crippen LogP contribution in [0.1, 0.15) is 15.9 Å². The molecule has 0 bridgehead atoms. The zero-order valence-corrected chi connectivity index (χ0v) is 11.5. The predicted molar refractivity (Wildman–Crippen MR) is 79.6 cm³/mol. The van der Waals surface area contributed by atoms with E-state index in [4.69, 9.17) is 5.11 Å². The lowest BCUT2D eigenvalue weighted by molar-refractivity contribution is -0.384. The Kier molecular flexibility index (Phi) is 4.41. The lowest BCUT2D eigenvalue weighted by Gasteiger charge is -2.02. The van der Waals surface area contributed by atoms with E-state index in [0.717, 1.165) is 36.5 Å². The minimum absolute atomic E-state index is 0.0423. The molecule has 4 N–H and O–H groups in total. The second-order valence-electron chi connectivity index (χ2n) is 4.40. The molecule has 0 saturated carbocycles. The maximum absolute atomic E-state index is 11.8. The molecular weight excluding hydrogens is 306 g/mol. The highest BCUT2D eigenvalue weighted by molar-refractivity contribution is 5.95. The van der Waals surface area contributed by atoms with Gasteiger partial charge in [0.15, 0.2) is 11.5 Å². The number of amides is 1. The number of aromatic hydroxyl groups is 3. The molecule has 0 heterocycles. The van der Waals surface area contributed by atoms with Gasteiger partial charge in [-0.1, -0.05) is 0 Å². The topological polar surface area (TPSA) is 145 Å². The lowest BCUT2D eigenvalue weighted by Crippen LogP contribution is -2.17. The lowest BCUT2D eigenvalue weighted by atomic mass is 10.2. The predicted octanol–water partition coefficient (Wildman–Crippen LogP) is 1.48. The van der Waals surface area contributed by atoms with E-state index in [9.17, 15) is 25.1 Å². The van der Waals surface area contributed by atoms with Crippen molar-refractivity contribution in [1.82, 2.24) is 5.43 Å². The maximum atomic E-state index is 11.8. The Morgan fingerprint density at radius 1 is 1.09 bits per heavy atom. The molecule has 0 aliphatic heterocycles. The highest BCUT2D eigenvalue weighted by atomic mass is 16.6. The van der Waals surface area contributed by atoms with Crippen LogP contribution in [-0.2, 0) is 0 Å². The average Bonchev–Trinajstić information content (AvgIpc) is 2.51. The second kappa shape index (κ2) is 6.43. The van der Waals surface area contributed by atoms with Gasteiger partial charge in [0.25, 0.3) is 11.6 Å². The molecule has 23 heavy (non-hydrogen) atoms. The van der Waals surface area contributed by atoms with Crippen LogP contribution < -0.4 is 5.43 Å². The number of carbonyl (C=O) groups excluding carboxylic acids is 1. The van der Waals surface area contributed by atoms with Crippen LogP contribution in [0.2, 0.25) is 0 Å². The van der Waals surface area contributed by atoms with Gasteiger partial charge >= 0.3 is 0 Å². The highest BCUT2D eigenvalue weighted by Gasteiger charge is 2.10. The van der Waals surface area contributed by atoms with Crippen LogP contribution in [0.15, 0.2) is 41.5 Å². The van der Waals surface area contributed by atoms with Gasteiger partial charge in [0.05, 0.1) is 11.1 Å². The Morgan fingerprint density at radius 3 is 2.43 bits per heavy atom. The SMILES string of the molecule is O=C(N/N=C\c1cc([N+](=O)[O-])ccc1O)c1ccc(O)c(O)c1. The van der Waals surface area contributed by atoms with E-state index >= 15 is 0 Å². The first-order chi connectivity index (χ1) is 10.9. The molecule has 0 radical (unpaired) electrons. The third-order valence-electron chi connectivity index (χ3n) is 2.83. The first kappa shape index (κ1) is 15.8. The summed E-state index contributed by atoms with van der Waals surface area (Å²) in [6.45, 7) is 0. The van der Waals surface area contributed by atoms with Crippen molar-refractivity contribution < 1.29 is 25.0 Å². The molecule has 0 fully saturated rings. The van der Waals surface area contributed by atoms with Crippen molar-refractivity contribution in [3.8, 4) is 17.2 Å². The number of nitro benzene ring substituents is 1. The molecule has 2 aromatic carbocycles. The zero-order chi connectivity index (χ0) is 17.0. The van der Waals surface area contributed by atoms with E-state index in [0.29, 0.717) is 0 Å². The van der Waals surface area contributed by atoms with Gasteiger partial charge in [0.2, 0.25) is 0 Å². The van der Waals surface area contributed by atoms with Gasteiger partial charge in [-0.2, -0.15) is 5.10 Å². The van der Waals surface area contributed by atoms with Gasteiger partial charge < -0.3 is 15.3 Å². The molecule has 9 heteroatoms. The Labute approximate surface area is 129 Å². The quantitative estimate of drug-likeness (QED) is 0.291. The third-order valence-corrected chi connectivity index (χ3v) is 2.83. The number of nitrogens with one attached hydrogen (secondary N) is 1. The summed E-state index contributed by atoms with van der Waals surface area (Å²) >= 11 is 0. The van der Waals surface area contributed by atoms with E-state index < -0.39 is 16.6 Å². The summed E-state index contributed by atoms with van der Waals surface area (Å²) in [5, 5.41) is 42.3. The number of carbonyl (C=O) groups is 1. The normalized spacial score (nSPS) is 10.6. The number of phenols is 3. The van der Waals surface area contributed by atoms with Crippen molar-refractivity contribution >= 4 is 17.8 Å². The molecule has 0 aliphatic carbocycles. The van der Waals surface area contributed by atoms with Gasteiger partial charge in [-0.25, -0.2) is 5.43 Å². The summed E-state index contributed by atoms with van der Waals surface area (Å²) in [4.78, 5) is 21.8. The van der Waals surface area contributed by atoms with Crippen molar-refractivity contribution in [2.24, 2.45) is 5.10 Å². The molecule has 0 unspecified atom stereocenters. The van der Waals surface area contributed by atoms with Crippen LogP contribution in [-0.4, -0.2) is 32.4 Å². The van der Waals surface area contributed by atoms with Crippen LogP contribution in [0.4, 0.5) is 5.69 Å². The van der Waals surface area contributed by atoms with Crippen molar-refractivity contribution in [1.29, 1.82) is 0 Å². The minimum Gasteiger partial charge on any atom is -0.507 e. The molecule has 0 aliphatic rings. The van der Waals surface area contributed by atoms with Crippen LogP contribution in [0.5, 0.6) is 17.2 Å². The van der Waals surface area contributed by atoms with Crippen LogP contribution in [0.3, 0.4) is 0 Å². The molecular formula is C14H11N3O6. The molecule has 2 rings (SSSR count). The van der Waals surface area contributed by atoms with Crippen molar-refractivity contribution in [2.45, 2.75) is 0 Å². The van der Waals surface area contributed by atoms with Crippen molar-refractivity contribution in [3.63, 3.8) is 0 Å². The fourth-order valence-corrected chi connectivity index (χ4v) is 1.65. The largest absolute Gasteiger partial charge is 0.507 e. The van der Waals surface area contributed by atoms with Crippen LogP contribution in [0, 0.1) is 10.1 Å². The molecule has 118 valence electrons. The van der Waals surface area contributed by atoms with Gasteiger partial charge in [0.1, 0.15) is 5.75 Å². The van der Waals surface area contributed by atoms with E-state index in [1.807, 2.05) is 0 Å². The fourth-order valence-electron chi connectivity index (χ4n) is 1.65. The van der Waals surface area contributed by atoms with Gasteiger partial charge in [-0.05, 0) is 24.3 Å².